The van der Waals surface area contributed by atoms with E-state index < -0.39 is 0 Å². The van der Waals surface area contributed by atoms with Crippen molar-refractivity contribution in [2.75, 3.05) is 13.1 Å². The lowest BCUT2D eigenvalue weighted by molar-refractivity contribution is -0.143. The van der Waals surface area contributed by atoms with Crippen LogP contribution in [-0.2, 0) is 22.4 Å². The number of amides is 2. The van der Waals surface area contributed by atoms with Gasteiger partial charge < -0.3 is 9.80 Å². The number of hydrogen-bond acceptors (Lipinski definition) is 3. The zero-order valence-corrected chi connectivity index (χ0v) is 20.3. The first-order valence-corrected chi connectivity index (χ1v) is 13.0. The Morgan fingerprint density at radius 3 is 2.21 bits per heavy atom. The van der Waals surface area contributed by atoms with Crippen LogP contribution >= 0.6 is 0 Å². The molecule has 2 saturated heterocycles. The van der Waals surface area contributed by atoms with Gasteiger partial charge in [-0.15, -0.1) is 0 Å². The molecule has 0 radical (unpaired) electrons. The van der Waals surface area contributed by atoms with Gasteiger partial charge >= 0.3 is 0 Å². The maximum Gasteiger partial charge on any atom is 0.241 e. The first-order valence-electron chi connectivity index (χ1n) is 13.0. The highest BCUT2D eigenvalue weighted by molar-refractivity contribution is 5.86. The van der Waals surface area contributed by atoms with Crippen LogP contribution in [0.4, 0.5) is 0 Å². The smallest absolute Gasteiger partial charge is 0.241 e. The lowest BCUT2D eigenvalue weighted by Gasteiger charge is -2.47. The molecule has 5 rings (SSSR count). The molecule has 2 heterocycles. The van der Waals surface area contributed by atoms with Crippen molar-refractivity contribution in [3.05, 3.63) is 71.8 Å². The molecule has 3 fully saturated rings. The van der Waals surface area contributed by atoms with Gasteiger partial charge in [-0.1, -0.05) is 67.1 Å². The summed E-state index contributed by atoms with van der Waals surface area (Å²) in [5.41, 5.74) is 2.13. The van der Waals surface area contributed by atoms with Crippen LogP contribution in [0.5, 0.6) is 0 Å². The van der Waals surface area contributed by atoms with E-state index in [0.29, 0.717) is 12.3 Å². The second-order valence-corrected chi connectivity index (χ2v) is 10.5. The molecule has 5 nitrogen and oxygen atoms in total. The molecule has 2 atom stereocenters. The van der Waals surface area contributed by atoms with E-state index in [-0.39, 0.29) is 29.6 Å². The fourth-order valence-electron chi connectivity index (χ4n) is 6.01. The number of piperidine rings is 1. The molecule has 180 valence electrons. The molecule has 1 spiro atoms. The molecule has 1 aliphatic carbocycles. The summed E-state index contributed by atoms with van der Waals surface area (Å²) in [5.74, 6) is 0.775. The molecule has 1 N–H and O–H groups in total. The van der Waals surface area contributed by atoms with E-state index in [0.717, 1.165) is 51.6 Å². The van der Waals surface area contributed by atoms with E-state index in [1.54, 1.807) is 0 Å². The Kier molecular flexibility index (Phi) is 6.73. The maximum absolute atomic E-state index is 13.8. The molecule has 34 heavy (non-hydrogen) atoms. The molecule has 5 heteroatoms. The Morgan fingerprint density at radius 2 is 1.62 bits per heavy atom. The molecule has 0 bridgehead atoms. The predicted molar refractivity (Wildman–Crippen MR) is 134 cm³/mol. The van der Waals surface area contributed by atoms with Gasteiger partial charge in [0.15, 0.2) is 0 Å². The Morgan fingerprint density at radius 1 is 1.00 bits per heavy atom. The van der Waals surface area contributed by atoms with Gasteiger partial charge in [-0.3, -0.25) is 14.9 Å². The molecule has 2 aliphatic heterocycles. The Bertz CT molecular complexity index is 981. The van der Waals surface area contributed by atoms with Crippen LogP contribution in [0, 0.1) is 5.92 Å². The summed E-state index contributed by atoms with van der Waals surface area (Å²) >= 11 is 0. The molecular weight excluding hydrogens is 422 g/mol. The molecule has 2 amide bonds. The first kappa shape index (κ1) is 23.1. The number of carbonyl (C=O) groups is 2. The van der Waals surface area contributed by atoms with Crippen LogP contribution in [0.1, 0.15) is 56.6 Å². The number of rotatable bonds is 7. The van der Waals surface area contributed by atoms with Crippen LogP contribution in [-0.4, -0.2) is 52.5 Å². The third-order valence-corrected chi connectivity index (χ3v) is 8.21. The zero-order valence-electron chi connectivity index (χ0n) is 20.3. The summed E-state index contributed by atoms with van der Waals surface area (Å²) in [7, 11) is 0. The van der Waals surface area contributed by atoms with Gasteiger partial charge in [0.05, 0.1) is 11.7 Å². The summed E-state index contributed by atoms with van der Waals surface area (Å²) in [6.45, 7) is 3.66. The second kappa shape index (κ2) is 9.91. The third-order valence-electron chi connectivity index (χ3n) is 8.21. The van der Waals surface area contributed by atoms with Crippen LogP contribution < -0.4 is 5.32 Å². The Balaban J connectivity index is 1.32. The van der Waals surface area contributed by atoms with Crippen LogP contribution in [0.2, 0.25) is 0 Å². The topological polar surface area (TPSA) is 52.7 Å². The Hall–Kier alpha value is -2.66. The van der Waals surface area contributed by atoms with Crippen LogP contribution in [0.15, 0.2) is 60.7 Å². The molecule has 0 unspecified atom stereocenters. The van der Waals surface area contributed by atoms with E-state index >= 15 is 0 Å². The standard InChI is InChI=1S/C29H37N3O2/c1-22(15-16-23-9-4-2-5-10-23)32-28(34)26(21-24-11-6-3-7-12-24)30-29(32)17-19-31(20-18-29)27(33)25-13-8-14-25/h2-7,9-12,22,25-26,30H,8,13-21H2,1H3/t22-,26+/m1/s1. The third kappa shape index (κ3) is 4.63. The van der Waals surface area contributed by atoms with Gasteiger partial charge in [0.1, 0.15) is 0 Å². The lowest BCUT2D eigenvalue weighted by Crippen LogP contribution is -2.62. The van der Waals surface area contributed by atoms with Gasteiger partial charge in [-0.25, -0.2) is 0 Å². The van der Waals surface area contributed by atoms with Crippen molar-refractivity contribution >= 4 is 11.8 Å². The minimum Gasteiger partial charge on any atom is -0.342 e. The quantitative estimate of drug-likeness (QED) is 0.676. The van der Waals surface area contributed by atoms with Crippen molar-refractivity contribution < 1.29 is 9.59 Å². The summed E-state index contributed by atoms with van der Waals surface area (Å²) in [6, 6.07) is 20.7. The number of carbonyl (C=O) groups excluding carboxylic acids is 2. The molecule has 2 aromatic carbocycles. The minimum absolute atomic E-state index is 0.134. The van der Waals surface area contributed by atoms with E-state index in [4.69, 9.17) is 0 Å². The van der Waals surface area contributed by atoms with Crippen molar-refractivity contribution in [1.82, 2.24) is 15.1 Å². The summed E-state index contributed by atoms with van der Waals surface area (Å²) in [5, 5.41) is 3.79. The fraction of sp³-hybridized carbons (Fsp3) is 0.517. The molecule has 0 aromatic heterocycles. The van der Waals surface area contributed by atoms with Gasteiger partial charge in [0.2, 0.25) is 11.8 Å². The van der Waals surface area contributed by atoms with Crippen LogP contribution in [0.25, 0.3) is 0 Å². The fourth-order valence-corrected chi connectivity index (χ4v) is 6.01. The van der Waals surface area contributed by atoms with E-state index in [1.807, 2.05) is 24.3 Å². The normalized spacial score (nSPS) is 23.2. The van der Waals surface area contributed by atoms with Crippen molar-refractivity contribution in [2.24, 2.45) is 5.92 Å². The molecule has 3 aliphatic rings. The SMILES string of the molecule is C[C@H](CCc1ccccc1)N1C(=O)[C@H](Cc2ccccc2)NC12CCN(C(=O)C1CCC1)CC2. The highest BCUT2D eigenvalue weighted by atomic mass is 16.2. The largest absolute Gasteiger partial charge is 0.342 e. The minimum atomic E-state index is -0.358. The number of nitrogens with one attached hydrogen (secondary N) is 1. The number of aryl methyl sites for hydroxylation is 1. The van der Waals surface area contributed by atoms with Gasteiger partial charge in [-0.2, -0.15) is 0 Å². The van der Waals surface area contributed by atoms with Gasteiger partial charge in [0.25, 0.3) is 0 Å². The summed E-state index contributed by atoms with van der Waals surface area (Å²) in [4.78, 5) is 30.9. The zero-order chi connectivity index (χ0) is 23.5. The molecule has 1 saturated carbocycles. The van der Waals surface area contributed by atoms with E-state index in [9.17, 15) is 9.59 Å². The average molecular weight is 460 g/mol. The number of benzene rings is 2. The molecular formula is C29H37N3O2. The Labute approximate surface area is 203 Å². The monoisotopic (exact) mass is 459 g/mol. The van der Waals surface area contributed by atoms with E-state index in [2.05, 4.69) is 58.4 Å². The maximum atomic E-state index is 13.8. The van der Waals surface area contributed by atoms with Crippen molar-refractivity contribution in [3.8, 4) is 0 Å². The van der Waals surface area contributed by atoms with E-state index in [1.165, 1.54) is 17.5 Å². The van der Waals surface area contributed by atoms with Gasteiger partial charge in [-0.05, 0) is 50.2 Å². The van der Waals surface area contributed by atoms with Crippen molar-refractivity contribution in [3.63, 3.8) is 0 Å². The van der Waals surface area contributed by atoms with Gasteiger partial charge in [0, 0.05) is 37.9 Å². The predicted octanol–water partition coefficient (Wildman–Crippen LogP) is 4.17. The highest BCUT2D eigenvalue weighted by Gasteiger charge is 2.53. The number of nitrogens with zero attached hydrogens (tertiary/aromatic N) is 2. The average Bonchev–Trinajstić information content (AvgIpc) is 3.08. The summed E-state index contributed by atoms with van der Waals surface area (Å²) in [6.07, 6.45) is 7.46. The first-order chi connectivity index (χ1) is 16.6. The van der Waals surface area contributed by atoms with Crippen LogP contribution in [0.3, 0.4) is 0 Å². The number of likely N-dealkylation sites (tertiary alicyclic amines) is 1. The van der Waals surface area contributed by atoms with Crippen molar-refractivity contribution in [2.45, 2.75) is 76.0 Å². The summed E-state index contributed by atoms with van der Waals surface area (Å²) < 4.78 is 0. The second-order valence-electron chi connectivity index (χ2n) is 10.5. The van der Waals surface area contributed by atoms with Crippen molar-refractivity contribution in [1.29, 1.82) is 0 Å². The highest BCUT2D eigenvalue weighted by Crippen LogP contribution is 2.37. The number of hydrogen-bond donors (Lipinski definition) is 1. The lowest BCUT2D eigenvalue weighted by atomic mass is 9.83. The molecule has 2 aromatic rings.